The Hall–Kier alpha value is -1.29. The molecule has 2 aromatic carbocycles. The molecule has 0 radical (unpaired) electrons. The molecule has 20 heavy (non-hydrogen) atoms. The molecule has 0 aliphatic rings. The van der Waals surface area contributed by atoms with Crippen LogP contribution in [0.3, 0.4) is 0 Å². The normalized spacial score (nSPS) is 12.2. The summed E-state index contributed by atoms with van der Waals surface area (Å²) in [6.07, 6.45) is 0.620. The molecule has 106 valence electrons. The lowest BCUT2D eigenvalue weighted by molar-refractivity contribution is 0.472. The summed E-state index contributed by atoms with van der Waals surface area (Å²) in [7, 11) is 0. The van der Waals surface area contributed by atoms with E-state index in [9.17, 15) is 4.39 Å². The van der Waals surface area contributed by atoms with Gasteiger partial charge in [0, 0.05) is 6.04 Å². The first-order valence-electron chi connectivity index (χ1n) is 6.13. The van der Waals surface area contributed by atoms with Crippen LogP contribution in [0.1, 0.15) is 12.5 Å². The third-order valence-corrected chi connectivity index (χ3v) is 3.29. The molecule has 0 aliphatic carbocycles. The largest absolute Gasteiger partial charge is 0.454 e. The minimum atomic E-state index is -0.419. The fourth-order valence-corrected chi connectivity index (χ4v) is 2.28. The van der Waals surface area contributed by atoms with E-state index in [1.54, 1.807) is 6.07 Å². The second-order valence-corrected chi connectivity index (χ2v) is 5.40. The van der Waals surface area contributed by atoms with Crippen molar-refractivity contribution in [2.24, 2.45) is 5.73 Å². The minimum absolute atomic E-state index is 0.0282. The van der Waals surface area contributed by atoms with Crippen molar-refractivity contribution in [2.45, 2.75) is 19.4 Å². The summed E-state index contributed by atoms with van der Waals surface area (Å²) < 4.78 is 18.8. The summed E-state index contributed by atoms with van der Waals surface area (Å²) in [6.45, 7) is 1.90. The number of halogens is 3. The van der Waals surface area contributed by atoms with Crippen molar-refractivity contribution < 1.29 is 9.13 Å². The Labute approximate surface area is 127 Å². The second-order valence-electron chi connectivity index (χ2n) is 4.59. The molecule has 1 unspecified atom stereocenters. The molecule has 2 rings (SSSR count). The number of nitrogens with two attached hydrogens (primary N) is 1. The predicted octanol–water partition coefficient (Wildman–Crippen LogP) is 4.81. The maximum absolute atomic E-state index is 13.0. The zero-order valence-corrected chi connectivity index (χ0v) is 12.4. The lowest BCUT2D eigenvalue weighted by Gasteiger charge is -2.15. The van der Waals surface area contributed by atoms with Crippen molar-refractivity contribution in [1.82, 2.24) is 0 Å². The van der Waals surface area contributed by atoms with Gasteiger partial charge in [0.15, 0.2) is 0 Å². The minimum Gasteiger partial charge on any atom is -0.454 e. The average molecular weight is 314 g/mol. The number of para-hydroxylation sites is 1. The first kappa shape index (κ1) is 15.1. The highest BCUT2D eigenvalue weighted by atomic mass is 35.5. The van der Waals surface area contributed by atoms with Gasteiger partial charge in [-0.15, -0.1) is 0 Å². The highest BCUT2D eigenvalue weighted by Crippen LogP contribution is 2.36. The number of hydrogen-bond acceptors (Lipinski definition) is 2. The molecular weight excluding hydrogens is 300 g/mol. The Bertz CT molecular complexity index is 617. The van der Waals surface area contributed by atoms with Crippen LogP contribution in [0.25, 0.3) is 0 Å². The molecule has 0 aromatic heterocycles. The van der Waals surface area contributed by atoms with E-state index in [-0.39, 0.29) is 11.1 Å². The summed E-state index contributed by atoms with van der Waals surface area (Å²) in [5.41, 5.74) is 6.69. The molecule has 2 aromatic rings. The second kappa shape index (κ2) is 6.44. The monoisotopic (exact) mass is 313 g/mol. The zero-order valence-electron chi connectivity index (χ0n) is 10.9. The summed E-state index contributed by atoms with van der Waals surface area (Å²) >= 11 is 12.1. The predicted molar refractivity (Wildman–Crippen MR) is 80.3 cm³/mol. The van der Waals surface area contributed by atoms with Crippen molar-refractivity contribution in [2.75, 3.05) is 0 Å². The Kier molecular flexibility index (Phi) is 4.86. The van der Waals surface area contributed by atoms with Crippen LogP contribution in [0.15, 0.2) is 36.4 Å². The zero-order chi connectivity index (χ0) is 14.7. The van der Waals surface area contributed by atoms with Crippen LogP contribution in [0.2, 0.25) is 10.0 Å². The maximum Gasteiger partial charge on any atom is 0.149 e. The van der Waals surface area contributed by atoms with E-state index >= 15 is 0 Å². The summed E-state index contributed by atoms with van der Waals surface area (Å²) in [5, 5.41) is 0.653. The molecule has 0 heterocycles. The van der Waals surface area contributed by atoms with Gasteiger partial charge in [0.05, 0.1) is 10.0 Å². The molecule has 0 saturated heterocycles. The Balaban J connectivity index is 2.37. The van der Waals surface area contributed by atoms with Crippen LogP contribution >= 0.6 is 23.2 Å². The van der Waals surface area contributed by atoms with Crippen LogP contribution < -0.4 is 10.5 Å². The molecule has 0 saturated carbocycles. The fraction of sp³-hybridized carbons (Fsp3) is 0.200. The van der Waals surface area contributed by atoms with E-state index in [4.69, 9.17) is 33.7 Å². The molecule has 1 atom stereocenters. The van der Waals surface area contributed by atoms with Crippen molar-refractivity contribution in [3.63, 3.8) is 0 Å². The third kappa shape index (κ3) is 3.63. The SMILES string of the molecule is CC(N)Cc1cccc(Cl)c1Oc1ccc(F)cc1Cl. The Morgan fingerprint density at radius 2 is 1.95 bits per heavy atom. The third-order valence-electron chi connectivity index (χ3n) is 2.70. The van der Waals surface area contributed by atoms with Crippen LogP contribution in [0, 0.1) is 5.82 Å². The van der Waals surface area contributed by atoms with E-state index in [0.717, 1.165) is 5.56 Å². The van der Waals surface area contributed by atoms with Gasteiger partial charge in [-0.3, -0.25) is 0 Å². The quantitative estimate of drug-likeness (QED) is 0.878. The van der Waals surface area contributed by atoms with Gasteiger partial charge in [-0.05, 0) is 43.2 Å². The average Bonchev–Trinajstić information content (AvgIpc) is 2.35. The van der Waals surface area contributed by atoms with Gasteiger partial charge >= 0.3 is 0 Å². The molecule has 0 amide bonds. The number of ether oxygens (including phenoxy) is 1. The van der Waals surface area contributed by atoms with Gasteiger partial charge in [0.2, 0.25) is 0 Å². The molecule has 5 heteroatoms. The summed E-state index contributed by atoms with van der Waals surface area (Å²) in [5.74, 6) is 0.435. The molecule has 2 N–H and O–H groups in total. The summed E-state index contributed by atoms with van der Waals surface area (Å²) in [4.78, 5) is 0. The van der Waals surface area contributed by atoms with Gasteiger partial charge in [0.1, 0.15) is 17.3 Å². The van der Waals surface area contributed by atoms with Gasteiger partial charge in [0.25, 0.3) is 0 Å². The lowest BCUT2D eigenvalue weighted by Crippen LogP contribution is -2.18. The first-order chi connectivity index (χ1) is 9.47. The molecular formula is C15H14Cl2FNO. The van der Waals surface area contributed by atoms with E-state index in [2.05, 4.69) is 0 Å². The molecule has 0 aliphatic heterocycles. The molecule has 0 fully saturated rings. The maximum atomic E-state index is 13.0. The van der Waals surface area contributed by atoms with E-state index in [1.165, 1.54) is 18.2 Å². The van der Waals surface area contributed by atoms with E-state index in [0.29, 0.717) is 22.9 Å². The number of hydrogen-bond donors (Lipinski definition) is 1. The van der Waals surface area contributed by atoms with Crippen LogP contribution in [-0.4, -0.2) is 6.04 Å². The molecule has 0 bridgehead atoms. The van der Waals surface area contributed by atoms with Gasteiger partial charge in [-0.1, -0.05) is 35.3 Å². The molecule has 2 nitrogen and oxygen atoms in total. The van der Waals surface area contributed by atoms with Gasteiger partial charge < -0.3 is 10.5 Å². The topological polar surface area (TPSA) is 35.2 Å². The fourth-order valence-electron chi connectivity index (χ4n) is 1.84. The van der Waals surface area contributed by atoms with Crippen molar-refractivity contribution in [3.8, 4) is 11.5 Å². The van der Waals surface area contributed by atoms with Crippen molar-refractivity contribution >= 4 is 23.2 Å². The van der Waals surface area contributed by atoms with E-state index in [1.807, 2.05) is 19.1 Å². The Morgan fingerprint density at radius 1 is 1.20 bits per heavy atom. The highest BCUT2D eigenvalue weighted by Gasteiger charge is 2.13. The van der Waals surface area contributed by atoms with E-state index < -0.39 is 5.82 Å². The lowest BCUT2D eigenvalue weighted by atomic mass is 10.1. The number of benzene rings is 2. The Morgan fingerprint density at radius 3 is 2.60 bits per heavy atom. The van der Waals surface area contributed by atoms with Crippen LogP contribution in [0.4, 0.5) is 4.39 Å². The van der Waals surface area contributed by atoms with Crippen molar-refractivity contribution in [3.05, 3.63) is 57.8 Å². The summed E-state index contributed by atoms with van der Waals surface area (Å²) in [6, 6.07) is 9.36. The van der Waals surface area contributed by atoms with Crippen molar-refractivity contribution in [1.29, 1.82) is 0 Å². The number of rotatable bonds is 4. The molecule has 0 spiro atoms. The highest BCUT2D eigenvalue weighted by molar-refractivity contribution is 6.33. The first-order valence-corrected chi connectivity index (χ1v) is 6.89. The standard InChI is InChI=1S/C15H14Cl2FNO/c1-9(19)7-10-3-2-4-12(16)15(10)20-14-6-5-11(18)8-13(14)17/h2-6,8-9H,7,19H2,1H3. The smallest absolute Gasteiger partial charge is 0.149 e. The van der Waals surface area contributed by atoms with Gasteiger partial charge in [-0.25, -0.2) is 4.39 Å². The van der Waals surface area contributed by atoms with Crippen LogP contribution in [0.5, 0.6) is 11.5 Å². The van der Waals surface area contributed by atoms with Gasteiger partial charge in [-0.2, -0.15) is 0 Å². The van der Waals surface area contributed by atoms with Crippen LogP contribution in [-0.2, 0) is 6.42 Å².